The van der Waals surface area contributed by atoms with E-state index in [1.54, 1.807) is 7.11 Å². The molecule has 0 radical (unpaired) electrons. The van der Waals surface area contributed by atoms with E-state index < -0.39 is 0 Å². The fraction of sp³-hybridized carbons (Fsp3) is 0.286. The average Bonchev–Trinajstić information content (AvgIpc) is 3.11. The molecule has 1 heterocycles. The first kappa shape index (κ1) is 19.0. The third-order valence-electron chi connectivity index (χ3n) is 4.31. The number of nitrogens with zero attached hydrogens (tertiary/aromatic N) is 4. The van der Waals surface area contributed by atoms with Gasteiger partial charge in [-0.2, -0.15) is 5.26 Å². The maximum atomic E-state index is 9.61. The molecule has 138 valence electrons. The number of hydrogen-bond donors (Lipinski definition) is 0. The van der Waals surface area contributed by atoms with Crippen LogP contribution in [0.4, 0.5) is 0 Å². The van der Waals surface area contributed by atoms with Crippen molar-refractivity contribution in [3.05, 3.63) is 59.7 Å². The number of benzene rings is 2. The first-order chi connectivity index (χ1) is 13.1. The van der Waals surface area contributed by atoms with Crippen LogP contribution in [-0.2, 0) is 13.0 Å². The molecule has 1 atom stereocenters. The summed E-state index contributed by atoms with van der Waals surface area (Å²) in [5.41, 5.74) is 3.34. The van der Waals surface area contributed by atoms with E-state index in [1.807, 2.05) is 28.8 Å². The molecule has 0 amide bonds. The van der Waals surface area contributed by atoms with Crippen molar-refractivity contribution in [3.8, 4) is 23.2 Å². The lowest BCUT2D eigenvalue weighted by atomic mass is 10.1. The highest BCUT2D eigenvalue weighted by Gasteiger charge is 2.18. The van der Waals surface area contributed by atoms with Crippen LogP contribution < -0.4 is 4.74 Å². The molecule has 6 heteroatoms. The molecule has 27 heavy (non-hydrogen) atoms. The van der Waals surface area contributed by atoms with Gasteiger partial charge in [-0.3, -0.25) is 0 Å². The number of aryl methyl sites for hydroxylation is 1. The van der Waals surface area contributed by atoms with Gasteiger partial charge >= 0.3 is 0 Å². The van der Waals surface area contributed by atoms with Crippen LogP contribution in [0.1, 0.15) is 18.1 Å². The molecule has 0 N–H and O–H groups in total. The number of aromatic nitrogens is 3. The number of nitriles is 1. The highest BCUT2D eigenvalue weighted by molar-refractivity contribution is 8.00. The van der Waals surface area contributed by atoms with E-state index in [0.717, 1.165) is 34.4 Å². The van der Waals surface area contributed by atoms with Crippen molar-refractivity contribution in [1.29, 1.82) is 5.26 Å². The van der Waals surface area contributed by atoms with Gasteiger partial charge in [0.25, 0.3) is 0 Å². The topological polar surface area (TPSA) is 63.7 Å². The Hall–Kier alpha value is -2.78. The molecular formula is C21H22N4OS. The van der Waals surface area contributed by atoms with Crippen LogP contribution >= 0.6 is 11.8 Å². The highest BCUT2D eigenvalue weighted by Crippen LogP contribution is 2.29. The quantitative estimate of drug-likeness (QED) is 0.566. The van der Waals surface area contributed by atoms with Crippen LogP contribution in [0.2, 0.25) is 0 Å². The molecule has 0 aliphatic rings. The van der Waals surface area contributed by atoms with E-state index in [1.165, 1.54) is 17.3 Å². The molecule has 0 bridgehead atoms. The molecule has 1 aromatic heterocycles. The standard InChI is InChI=1S/C21H22N4OS/c1-4-25-20(17-9-11-18(26-3)12-10-17)23-24-21(25)27-19(14-22)13-16-7-5-15(2)6-8-16/h5-12,19H,4,13H2,1-3H3. The van der Waals surface area contributed by atoms with Gasteiger partial charge in [0.05, 0.1) is 13.2 Å². The minimum Gasteiger partial charge on any atom is -0.497 e. The summed E-state index contributed by atoms with van der Waals surface area (Å²) in [6.45, 7) is 4.85. The summed E-state index contributed by atoms with van der Waals surface area (Å²) >= 11 is 1.47. The van der Waals surface area contributed by atoms with Gasteiger partial charge in [-0.15, -0.1) is 10.2 Å². The Kier molecular flexibility index (Phi) is 6.15. The second-order valence-corrected chi connectivity index (χ2v) is 7.37. The molecule has 3 rings (SSSR count). The van der Waals surface area contributed by atoms with Crippen molar-refractivity contribution in [3.63, 3.8) is 0 Å². The summed E-state index contributed by atoms with van der Waals surface area (Å²) in [7, 11) is 1.65. The third-order valence-corrected chi connectivity index (χ3v) is 5.38. The minimum atomic E-state index is -0.217. The molecule has 0 aliphatic heterocycles. The first-order valence-corrected chi connectivity index (χ1v) is 9.72. The van der Waals surface area contributed by atoms with Crippen molar-refractivity contribution < 1.29 is 4.74 Å². The normalized spacial score (nSPS) is 11.8. The smallest absolute Gasteiger partial charge is 0.192 e. The van der Waals surface area contributed by atoms with Crippen molar-refractivity contribution >= 4 is 11.8 Å². The zero-order chi connectivity index (χ0) is 19.2. The molecular weight excluding hydrogens is 356 g/mol. The van der Waals surface area contributed by atoms with Gasteiger partial charge in [0, 0.05) is 12.1 Å². The number of ether oxygens (including phenoxy) is 1. The van der Waals surface area contributed by atoms with Crippen molar-refractivity contribution in [2.24, 2.45) is 0 Å². The monoisotopic (exact) mass is 378 g/mol. The zero-order valence-corrected chi connectivity index (χ0v) is 16.5. The lowest BCUT2D eigenvalue weighted by Gasteiger charge is -2.11. The van der Waals surface area contributed by atoms with Crippen LogP contribution in [0.5, 0.6) is 5.75 Å². The Bertz CT molecular complexity index is 926. The Morgan fingerprint density at radius 3 is 2.41 bits per heavy atom. The Labute approximate surface area is 164 Å². The molecule has 0 saturated carbocycles. The van der Waals surface area contributed by atoms with Crippen LogP contribution in [0.25, 0.3) is 11.4 Å². The molecule has 0 aliphatic carbocycles. The summed E-state index contributed by atoms with van der Waals surface area (Å²) in [4.78, 5) is 0. The van der Waals surface area contributed by atoms with E-state index >= 15 is 0 Å². The van der Waals surface area contributed by atoms with Gasteiger partial charge in [0.15, 0.2) is 11.0 Å². The number of methoxy groups -OCH3 is 1. The largest absolute Gasteiger partial charge is 0.497 e. The Morgan fingerprint density at radius 2 is 1.81 bits per heavy atom. The predicted molar refractivity (Wildman–Crippen MR) is 108 cm³/mol. The molecule has 0 saturated heterocycles. The van der Waals surface area contributed by atoms with Gasteiger partial charge < -0.3 is 9.30 Å². The Balaban J connectivity index is 1.80. The van der Waals surface area contributed by atoms with E-state index in [4.69, 9.17) is 4.74 Å². The van der Waals surface area contributed by atoms with Crippen molar-refractivity contribution in [2.45, 2.75) is 37.2 Å². The van der Waals surface area contributed by atoms with Gasteiger partial charge in [0.2, 0.25) is 0 Å². The summed E-state index contributed by atoms with van der Waals surface area (Å²) in [6, 6.07) is 18.5. The third kappa shape index (κ3) is 4.50. The van der Waals surface area contributed by atoms with E-state index in [-0.39, 0.29) is 5.25 Å². The second kappa shape index (κ2) is 8.74. The summed E-state index contributed by atoms with van der Waals surface area (Å²) < 4.78 is 7.26. The SMILES string of the molecule is CCn1c(SC(C#N)Cc2ccc(C)cc2)nnc1-c1ccc(OC)cc1. The maximum absolute atomic E-state index is 9.61. The van der Waals surface area contributed by atoms with Crippen molar-refractivity contribution in [2.75, 3.05) is 7.11 Å². The Morgan fingerprint density at radius 1 is 1.11 bits per heavy atom. The van der Waals surface area contributed by atoms with Gasteiger partial charge in [-0.25, -0.2) is 0 Å². The van der Waals surface area contributed by atoms with Crippen LogP contribution in [-0.4, -0.2) is 27.1 Å². The number of rotatable bonds is 7. The van der Waals surface area contributed by atoms with E-state index in [9.17, 15) is 5.26 Å². The summed E-state index contributed by atoms with van der Waals surface area (Å²) in [5, 5.41) is 18.9. The molecule has 2 aromatic carbocycles. The van der Waals surface area contributed by atoms with E-state index in [2.05, 4.69) is 54.4 Å². The maximum Gasteiger partial charge on any atom is 0.192 e. The fourth-order valence-electron chi connectivity index (χ4n) is 2.79. The summed E-state index contributed by atoms with van der Waals surface area (Å²) in [5.74, 6) is 1.60. The van der Waals surface area contributed by atoms with Crippen LogP contribution in [0.3, 0.4) is 0 Å². The molecule has 0 spiro atoms. The zero-order valence-electron chi connectivity index (χ0n) is 15.7. The molecule has 3 aromatic rings. The average molecular weight is 379 g/mol. The number of thioether (sulfide) groups is 1. The fourth-order valence-corrected chi connectivity index (χ4v) is 3.81. The predicted octanol–water partition coefficient (Wildman–Crippen LogP) is 4.51. The second-order valence-electron chi connectivity index (χ2n) is 6.20. The molecule has 5 nitrogen and oxygen atoms in total. The summed E-state index contributed by atoms with van der Waals surface area (Å²) in [6.07, 6.45) is 0.676. The number of hydrogen-bond acceptors (Lipinski definition) is 5. The lowest BCUT2D eigenvalue weighted by molar-refractivity contribution is 0.415. The van der Waals surface area contributed by atoms with Gasteiger partial charge in [-0.05, 0) is 50.1 Å². The van der Waals surface area contributed by atoms with Crippen molar-refractivity contribution in [1.82, 2.24) is 14.8 Å². The van der Waals surface area contributed by atoms with E-state index in [0.29, 0.717) is 6.42 Å². The highest BCUT2D eigenvalue weighted by atomic mass is 32.2. The first-order valence-electron chi connectivity index (χ1n) is 8.84. The van der Waals surface area contributed by atoms with Crippen LogP contribution in [0.15, 0.2) is 53.7 Å². The van der Waals surface area contributed by atoms with Gasteiger partial charge in [-0.1, -0.05) is 41.6 Å². The van der Waals surface area contributed by atoms with Gasteiger partial charge in [0.1, 0.15) is 11.0 Å². The minimum absolute atomic E-state index is 0.217. The molecule has 0 fully saturated rings. The van der Waals surface area contributed by atoms with Crippen LogP contribution in [0, 0.1) is 18.3 Å². The molecule has 1 unspecified atom stereocenters. The lowest BCUT2D eigenvalue weighted by Crippen LogP contribution is -2.07.